The van der Waals surface area contributed by atoms with Crippen LogP contribution < -0.4 is 9.47 Å². The van der Waals surface area contributed by atoms with Gasteiger partial charge in [0.05, 0.1) is 0 Å². The van der Waals surface area contributed by atoms with Gasteiger partial charge in [-0.1, -0.05) is 12.1 Å². The lowest BCUT2D eigenvalue weighted by atomic mass is 9.93. The topological polar surface area (TPSA) is 114 Å². The summed E-state index contributed by atoms with van der Waals surface area (Å²) in [5.74, 6) is -11.3. The Morgan fingerprint density at radius 2 is 0.771 bits per heavy atom. The average molecular weight is 674 g/mol. The second-order valence-corrected chi connectivity index (χ2v) is 10.3. The van der Waals surface area contributed by atoms with Crippen LogP contribution in [-0.2, 0) is 0 Å². The summed E-state index contributed by atoms with van der Waals surface area (Å²) < 4.78 is 140. The van der Waals surface area contributed by atoms with Crippen molar-refractivity contribution in [1.29, 1.82) is 21.0 Å². The van der Waals surface area contributed by atoms with Crippen LogP contribution in [0.15, 0.2) is 59.7 Å². The van der Waals surface area contributed by atoms with Gasteiger partial charge in [0.1, 0.15) is 46.9 Å². The van der Waals surface area contributed by atoms with Gasteiger partial charge in [0, 0.05) is 11.1 Å². The highest BCUT2D eigenvalue weighted by molar-refractivity contribution is 6.11. The highest BCUT2D eigenvalue weighted by atomic mass is 19.4. The van der Waals surface area contributed by atoms with Crippen LogP contribution in [0, 0.1) is 45.3 Å². The first-order chi connectivity index (χ1) is 22.4. The van der Waals surface area contributed by atoms with Crippen molar-refractivity contribution in [2.45, 2.75) is 24.2 Å². The minimum atomic E-state index is -5.89. The van der Waals surface area contributed by atoms with E-state index in [-0.39, 0.29) is 44.5 Å². The van der Waals surface area contributed by atoms with Gasteiger partial charge in [-0.15, -0.1) is 0 Å². The van der Waals surface area contributed by atoms with E-state index in [1.54, 1.807) is 24.3 Å². The second kappa shape index (κ2) is 11.4. The Balaban J connectivity index is 1.66. The fourth-order valence-electron chi connectivity index (χ4n) is 5.18. The molecule has 0 heterocycles. The van der Waals surface area contributed by atoms with Gasteiger partial charge in [-0.3, -0.25) is 0 Å². The van der Waals surface area contributed by atoms with Gasteiger partial charge in [0.2, 0.25) is 0 Å². The molecular formula is C32H12F10N4O2. The fraction of sp³-hybridized carbons (Fsp3) is 0.188. The quantitative estimate of drug-likeness (QED) is 0.132. The molecule has 3 aromatic rings. The van der Waals surface area contributed by atoms with E-state index in [0.29, 0.717) is 11.1 Å². The van der Waals surface area contributed by atoms with Crippen molar-refractivity contribution in [3.8, 4) is 58.0 Å². The molecule has 0 atom stereocenters. The molecule has 16 heteroatoms. The summed E-state index contributed by atoms with van der Waals surface area (Å²) in [7, 11) is 0. The Kier molecular flexibility index (Phi) is 7.89. The number of halogens is 10. The number of nitriles is 4. The molecule has 0 aromatic heterocycles. The summed E-state index contributed by atoms with van der Waals surface area (Å²) in [5.41, 5.74) is 0.471. The molecule has 0 aliphatic heterocycles. The van der Waals surface area contributed by atoms with Gasteiger partial charge in [0.25, 0.3) is 0 Å². The number of ether oxygens (including phenoxy) is 2. The molecule has 0 radical (unpaired) electrons. The third-order valence-corrected chi connectivity index (χ3v) is 7.41. The first kappa shape index (κ1) is 33.4. The number of hydrogen-bond donors (Lipinski definition) is 0. The van der Waals surface area contributed by atoms with Gasteiger partial charge in [-0.2, -0.15) is 65.0 Å². The summed E-state index contributed by atoms with van der Waals surface area (Å²) in [6.45, 7) is -4.12. The van der Waals surface area contributed by atoms with Crippen LogP contribution in [0.25, 0.3) is 33.4 Å². The lowest BCUT2D eigenvalue weighted by Crippen LogP contribution is -2.41. The largest absolute Gasteiger partial charge is 0.487 e. The zero-order chi connectivity index (χ0) is 35.4. The van der Waals surface area contributed by atoms with E-state index in [0.717, 1.165) is 24.3 Å². The summed E-state index contributed by atoms with van der Waals surface area (Å²) >= 11 is 0. The van der Waals surface area contributed by atoms with E-state index in [1.807, 2.05) is 0 Å². The molecule has 2 aliphatic carbocycles. The SMILES string of the molecule is N#CC(C#N)=C1c2cc(OCC(F)(F)C(F)(F)F)ccc2-c2cc3c(cc21)C(=C(C#N)C#N)c1cc(OCC(F)(F)C(F)(F)F)ccc1-3. The van der Waals surface area contributed by atoms with Crippen molar-refractivity contribution in [2.24, 2.45) is 0 Å². The monoisotopic (exact) mass is 674 g/mol. The zero-order valence-electron chi connectivity index (χ0n) is 23.4. The van der Waals surface area contributed by atoms with E-state index < -0.39 is 60.1 Å². The molecule has 0 saturated heterocycles. The predicted molar refractivity (Wildman–Crippen MR) is 145 cm³/mol. The molecule has 6 nitrogen and oxygen atoms in total. The smallest absolute Gasteiger partial charge is 0.456 e. The van der Waals surface area contributed by atoms with Crippen LogP contribution in [0.1, 0.15) is 22.3 Å². The molecule has 0 amide bonds. The third kappa shape index (κ3) is 5.41. The maximum absolute atomic E-state index is 13.5. The third-order valence-electron chi connectivity index (χ3n) is 7.41. The maximum atomic E-state index is 13.5. The Labute approximate surface area is 263 Å². The molecule has 5 rings (SSSR count). The number of alkyl halides is 10. The van der Waals surface area contributed by atoms with E-state index in [2.05, 4.69) is 0 Å². The lowest BCUT2D eigenvalue weighted by molar-refractivity contribution is -0.290. The Morgan fingerprint density at radius 3 is 1.08 bits per heavy atom. The van der Waals surface area contributed by atoms with Crippen molar-refractivity contribution in [2.75, 3.05) is 13.2 Å². The molecular weight excluding hydrogens is 662 g/mol. The molecule has 242 valence electrons. The number of nitrogens with zero attached hydrogens (tertiary/aromatic N) is 4. The lowest BCUT2D eigenvalue weighted by Gasteiger charge is -2.20. The van der Waals surface area contributed by atoms with Crippen LogP contribution in [-0.4, -0.2) is 37.4 Å². The summed E-state index contributed by atoms with van der Waals surface area (Å²) in [4.78, 5) is 0. The second-order valence-electron chi connectivity index (χ2n) is 10.3. The molecule has 0 fully saturated rings. The van der Waals surface area contributed by atoms with Crippen LogP contribution >= 0.6 is 0 Å². The first-order valence-corrected chi connectivity index (χ1v) is 13.1. The Hall–Kier alpha value is -6.00. The standard InChI is InChI=1S/C32H12F10N4O2/c33-29(34,31(37,38)39)13-47-17-1-3-19-21-7-22-20-4-2-18(48-14-30(35,36)32(40,41)42)6-24(20)28(16(11-45)12-46)26(22)8-25(21)27(23(19)5-17)15(9-43)10-44/h1-8H,13-14H2. The van der Waals surface area contributed by atoms with Crippen LogP contribution in [0.2, 0.25) is 0 Å². The van der Waals surface area contributed by atoms with E-state index in [9.17, 15) is 65.0 Å². The van der Waals surface area contributed by atoms with Crippen LogP contribution in [0.4, 0.5) is 43.9 Å². The van der Waals surface area contributed by atoms with Gasteiger partial charge in [-0.05, 0) is 80.9 Å². The average Bonchev–Trinajstić information content (AvgIpc) is 3.50. The van der Waals surface area contributed by atoms with E-state index in [1.165, 1.54) is 24.3 Å². The number of fused-ring (bicyclic) bond motifs is 6. The molecule has 0 spiro atoms. The molecule has 0 bridgehead atoms. The van der Waals surface area contributed by atoms with E-state index in [4.69, 9.17) is 9.47 Å². The first-order valence-electron chi connectivity index (χ1n) is 13.1. The fourth-order valence-corrected chi connectivity index (χ4v) is 5.18. The van der Waals surface area contributed by atoms with Crippen LogP contribution in [0.5, 0.6) is 11.5 Å². The maximum Gasteiger partial charge on any atom is 0.456 e. The van der Waals surface area contributed by atoms with Crippen LogP contribution in [0.3, 0.4) is 0 Å². The highest BCUT2D eigenvalue weighted by Gasteiger charge is 2.59. The van der Waals surface area contributed by atoms with Gasteiger partial charge in [-0.25, -0.2) is 0 Å². The molecule has 2 aliphatic rings. The van der Waals surface area contributed by atoms with Gasteiger partial charge < -0.3 is 9.47 Å². The summed E-state index contributed by atoms with van der Waals surface area (Å²) in [5, 5.41) is 38.9. The summed E-state index contributed by atoms with van der Waals surface area (Å²) in [6.07, 6.45) is -11.8. The van der Waals surface area contributed by atoms with Crippen molar-refractivity contribution in [3.63, 3.8) is 0 Å². The Bertz CT molecular complexity index is 1940. The van der Waals surface area contributed by atoms with Crippen molar-refractivity contribution in [3.05, 3.63) is 81.9 Å². The van der Waals surface area contributed by atoms with E-state index >= 15 is 0 Å². The van der Waals surface area contributed by atoms with Crippen molar-refractivity contribution >= 4 is 11.1 Å². The zero-order valence-corrected chi connectivity index (χ0v) is 23.4. The number of hydrogen-bond acceptors (Lipinski definition) is 6. The number of allylic oxidation sites excluding steroid dienone is 2. The Morgan fingerprint density at radius 1 is 0.458 bits per heavy atom. The minimum Gasteiger partial charge on any atom is -0.487 e. The molecule has 0 unspecified atom stereocenters. The molecule has 0 saturated carbocycles. The normalized spacial score (nSPS) is 13.2. The van der Waals surface area contributed by atoms with Crippen molar-refractivity contribution < 1.29 is 53.4 Å². The molecule has 48 heavy (non-hydrogen) atoms. The molecule has 3 aromatic carbocycles. The van der Waals surface area contributed by atoms with Gasteiger partial charge in [0.15, 0.2) is 13.2 Å². The molecule has 0 N–H and O–H groups in total. The van der Waals surface area contributed by atoms with Gasteiger partial charge >= 0.3 is 24.2 Å². The summed E-state index contributed by atoms with van der Waals surface area (Å²) in [6, 6.07) is 16.6. The highest BCUT2D eigenvalue weighted by Crippen LogP contribution is 2.54. The number of rotatable bonds is 6. The number of benzene rings is 3. The van der Waals surface area contributed by atoms with Crippen molar-refractivity contribution in [1.82, 2.24) is 0 Å². The minimum absolute atomic E-state index is 0.0560. The predicted octanol–water partition coefficient (Wildman–Crippen LogP) is 8.50.